The summed E-state index contributed by atoms with van der Waals surface area (Å²) in [5.74, 6) is 0.250. The van der Waals surface area contributed by atoms with Gasteiger partial charge in [0.1, 0.15) is 6.10 Å². The zero-order valence-electron chi connectivity index (χ0n) is 16.2. The summed E-state index contributed by atoms with van der Waals surface area (Å²) < 4.78 is 0. The Morgan fingerprint density at radius 3 is 2.57 bits per heavy atom. The first-order valence-corrected chi connectivity index (χ1v) is 10.1. The van der Waals surface area contributed by atoms with Crippen molar-refractivity contribution in [2.24, 2.45) is 5.16 Å². The molecule has 0 saturated carbocycles. The number of amides is 1. The predicted octanol–water partition coefficient (Wildman–Crippen LogP) is 3.19. The fourth-order valence-corrected chi connectivity index (χ4v) is 4.93. The van der Waals surface area contributed by atoms with Gasteiger partial charge in [-0.1, -0.05) is 53.7 Å². The second-order valence-electron chi connectivity index (χ2n) is 8.10. The highest BCUT2D eigenvalue weighted by atomic mass is 16.6. The number of carbonyl (C=O) groups excluding carboxylic acids is 1. The first-order chi connectivity index (χ1) is 13.7. The number of carbonyl (C=O) groups is 1. The van der Waals surface area contributed by atoms with E-state index in [4.69, 9.17) is 4.84 Å². The van der Waals surface area contributed by atoms with Crippen LogP contribution in [0.25, 0.3) is 0 Å². The molecule has 3 heterocycles. The largest absolute Gasteiger partial charge is 0.390 e. The molecule has 0 aromatic heterocycles. The summed E-state index contributed by atoms with van der Waals surface area (Å²) >= 11 is 0. The van der Waals surface area contributed by atoms with Crippen molar-refractivity contribution in [2.45, 2.75) is 30.8 Å². The molecule has 1 saturated heterocycles. The average molecular weight is 375 g/mol. The quantitative estimate of drug-likeness (QED) is 0.828. The van der Waals surface area contributed by atoms with Crippen LogP contribution in [0, 0.1) is 0 Å². The lowest BCUT2D eigenvalue weighted by atomic mass is 9.73. The number of likely N-dealkylation sites (tertiary alicyclic amines) is 1. The third-order valence-corrected chi connectivity index (χ3v) is 6.51. The Labute approximate surface area is 165 Å². The van der Waals surface area contributed by atoms with Crippen LogP contribution in [0.15, 0.2) is 59.8 Å². The standard InChI is InChI=1S/C23H25N3O2/c1-25-21-10-6-5-9-19(21)23(22(25)27)11-13-26(14-12-23)16-18-15-20(24-28-18)17-7-3-2-4-8-17/h2-10,18H,11-16H2,1H3. The SMILES string of the molecule is CN1C(=O)C2(CCN(CC3CC(c4ccccc4)=NO3)CC2)c2ccccc21. The third kappa shape index (κ3) is 2.73. The van der Waals surface area contributed by atoms with Crippen molar-refractivity contribution in [3.8, 4) is 0 Å². The van der Waals surface area contributed by atoms with Gasteiger partial charge in [-0.25, -0.2) is 0 Å². The van der Waals surface area contributed by atoms with Gasteiger partial charge < -0.3 is 9.74 Å². The number of para-hydroxylation sites is 1. The minimum Gasteiger partial charge on any atom is -0.390 e. The first kappa shape index (κ1) is 17.4. The van der Waals surface area contributed by atoms with Gasteiger partial charge in [-0.3, -0.25) is 9.69 Å². The second-order valence-corrected chi connectivity index (χ2v) is 8.10. The topological polar surface area (TPSA) is 45.1 Å². The minimum absolute atomic E-state index is 0.0958. The fraction of sp³-hybridized carbons (Fsp3) is 0.391. The van der Waals surface area contributed by atoms with Crippen molar-refractivity contribution >= 4 is 17.3 Å². The normalized spacial score (nSPS) is 23.6. The summed E-state index contributed by atoms with van der Waals surface area (Å²) in [6.45, 7) is 2.68. The zero-order valence-corrected chi connectivity index (χ0v) is 16.2. The van der Waals surface area contributed by atoms with Gasteiger partial charge in [0.25, 0.3) is 0 Å². The smallest absolute Gasteiger partial charge is 0.237 e. The maximum absolute atomic E-state index is 13.1. The van der Waals surface area contributed by atoms with Crippen LogP contribution in [0.2, 0.25) is 0 Å². The lowest BCUT2D eigenvalue weighted by molar-refractivity contribution is -0.124. The van der Waals surface area contributed by atoms with Crippen molar-refractivity contribution < 1.29 is 9.63 Å². The van der Waals surface area contributed by atoms with Gasteiger partial charge in [0.05, 0.1) is 11.1 Å². The molecule has 0 N–H and O–H groups in total. The van der Waals surface area contributed by atoms with E-state index in [-0.39, 0.29) is 17.4 Å². The van der Waals surface area contributed by atoms with E-state index in [2.05, 4.69) is 34.3 Å². The lowest BCUT2D eigenvalue weighted by Gasteiger charge is -2.38. The Morgan fingerprint density at radius 2 is 1.79 bits per heavy atom. The van der Waals surface area contributed by atoms with Gasteiger partial charge in [-0.15, -0.1) is 0 Å². The molecular formula is C23H25N3O2. The van der Waals surface area contributed by atoms with E-state index in [0.717, 1.165) is 55.9 Å². The van der Waals surface area contributed by atoms with Crippen LogP contribution in [0.5, 0.6) is 0 Å². The van der Waals surface area contributed by atoms with Gasteiger partial charge in [-0.05, 0) is 43.1 Å². The van der Waals surface area contributed by atoms with Crippen molar-refractivity contribution in [3.63, 3.8) is 0 Å². The number of fused-ring (bicyclic) bond motifs is 2. The molecule has 2 aromatic rings. The summed E-state index contributed by atoms with van der Waals surface area (Å²) in [5.41, 5.74) is 4.10. The van der Waals surface area contributed by atoms with E-state index < -0.39 is 0 Å². The molecule has 1 unspecified atom stereocenters. The molecule has 5 heteroatoms. The molecule has 3 aliphatic heterocycles. The summed E-state index contributed by atoms with van der Waals surface area (Å²) in [5, 5.41) is 4.30. The molecule has 1 atom stereocenters. The van der Waals surface area contributed by atoms with E-state index in [0.29, 0.717) is 0 Å². The number of nitrogens with zero attached hydrogens (tertiary/aromatic N) is 3. The van der Waals surface area contributed by atoms with Crippen molar-refractivity contribution in [1.29, 1.82) is 0 Å². The molecule has 1 amide bonds. The van der Waals surface area contributed by atoms with E-state index in [1.807, 2.05) is 42.3 Å². The highest BCUT2D eigenvalue weighted by Gasteiger charge is 2.50. The van der Waals surface area contributed by atoms with Crippen LogP contribution in [0.1, 0.15) is 30.4 Å². The molecule has 1 fully saturated rings. The molecule has 2 aromatic carbocycles. The number of anilines is 1. The van der Waals surface area contributed by atoms with E-state index in [1.54, 1.807) is 0 Å². The lowest BCUT2D eigenvalue weighted by Crippen LogP contribution is -2.49. The van der Waals surface area contributed by atoms with Gasteiger partial charge in [0.2, 0.25) is 5.91 Å². The molecule has 0 bridgehead atoms. The Kier molecular flexibility index (Phi) is 4.20. The number of rotatable bonds is 3. The molecular weight excluding hydrogens is 350 g/mol. The molecule has 1 spiro atoms. The summed E-state index contributed by atoms with van der Waals surface area (Å²) in [6.07, 6.45) is 2.67. The van der Waals surface area contributed by atoms with Crippen molar-refractivity contribution in [3.05, 3.63) is 65.7 Å². The number of piperidine rings is 1. The maximum Gasteiger partial charge on any atom is 0.237 e. The highest BCUT2D eigenvalue weighted by molar-refractivity contribution is 6.07. The Bertz CT molecular complexity index is 916. The highest BCUT2D eigenvalue weighted by Crippen LogP contribution is 2.47. The predicted molar refractivity (Wildman–Crippen MR) is 110 cm³/mol. The van der Waals surface area contributed by atoms with Gasteiger partial charge in [0, 0.05) is 25.7 Å². The van der Waals surface area contributed by atoms with Gasteiger partial charge in [0.15, 0.2) is 0 Å². The molecule has 144 valence electrons. The van der Waals surface area contributed by atoms with E-state index in [9.17, 15) is 4.79 Å². The Morgan fingerprint density at radius 1 is 1.07 bits per heavy atom. The number of hydrogen-bond acceptors (Lipinski definition) is 4. The second kappa shape index (κ2) is 6.74. The average Bonchev–Trinajstić information content (AvgIpc) is 3.29. The summed E-state index contributed by atoms with van der Waals surface area (Å²) in [7, 11) is 1.90. The molecule has 3 aliphatic rings. The summed E-state index contributed by atoms with van der Waals surface area (Å²) in [4.78, 5) is 23.0. The Hall–Kier alpha value is -2.66. The van der Waals surface area contributed by atoms with Crippen LogP contribution in [-0.4, -0.2) is 49.3 Å². The summed E-state index contributed by atoms with van der Waals surface area (Å²) in [6, 6.07) is 18.5. The van der Waals surface area contributed by atoms with Crippen LogP contribution in [0.4, 0.5) is 5.69 Å². The van der Waals surface area contributed by atoms with Crippen molar-refractivity contribution in [2.75, 3.05) is 31.6 Å². The molecule has 5 nitrogen and oxygen atoms in total. The molecule has 28 heavy (non-hydrogen) atoms. The number of oxime groups is 1. The molecule has 0 radical (unpaired) electrons. The number of benzene rings is 2. The van der Waals surface area contributed by atoms with Gasteiger partial charge in [-0.2, -0.15) is 0 Å². The first-order valence-electron chi connectivity index (χ1n) is 10.1. The van der Waals surface area contributed by atoms with Crippen molar-refractivity contribution in [1.82, 2.24) is 4.90 Å². The van der Waals surface area contributed by atoms with Crippen LogP contribution < -0.4 is 4.90 Å². The molecule has 0 aliphatic carbocycles. The Balaban J connectivity index is 1.23. The van der Waals surface area contributed by atoms with Crippen LogP contribution >= 0.6 is 0 Å². The number of likely N-dealkylation sites (N-methyl/N-ethyl adjacent to an activating group) is 1. The minimum atomic E-state index is -0.343. The monoisotopic (exact) mass is 375 g/mol. The number of hydrogen-bond donors (Lipinski definition) is 0. The van der Waals surface area contributed by atoms with Gasteiger partial charge >= 0.3 is 0 Å². The third-order valence-electron chi connectivity index (χ3n) is 6.51. The van der Waals surface area contributed by atoms with E-state index >= 15 is 0 Å². The van der Waals surface area contributed by atoms with Crippen LogP contribution in [-0.2, 0) is 15.0 Å². The fourth-order valence-electron chi connectivity index (χ4n) is 4.93. The molecule has 5 rings (SSSR count). The maximum atomic E-state index is 13.1. The van der Waals surface area contributed by atoms with Crippen LogP contribution in [0.3, 0.4) is 0 Å². The van der Waals surface area contributed by atoms with E-state index in [1.165, 1.54) is 5.56 Å². The zero-order chi connectivity index (χ0) is 19.1.